The molecule has 1 N–H and O–H groups in total. The van der Waals surface area contributed by atoms with E-state index in [1.54, 1.807) is 0 Å². The fourth-order valence-corrected chi connectivity index (χ4v) is 10.1. The van der Waals surface area contributed by atoms with E-state index in [0.717, 1.165) is 103 Å². The number of likely N-dealkylation sites (N-methyl/N-ethyl adjacent to an activating group) is 1. The molecule has 0 fully saturated rings. The largest absolute Gasteiger partial charge is 0.477 e. The number of carbonyl (C=O) groups is 3. The molecule has 0 rings (SSSR count). The summed E-state index contributed by atoms with van der Waals surface area (Å²) in [6.45, 7) is 4.79. The first-order valence-electron chi connectivity index (χ1n) is 36.1. The fraction of sp³-hybridized carbons (Fsp3) is 0.731. The molecular formula is C78H136NO8+. The van der Waals surface area contributed by atoms with Crippen LogP contribution in [0.1, 0.15) is 309 Å². The van der Waals surface area contributed by atoms with Crippen LogP contribution in [0.4, 0.5) is 0 Å². The summed E-state index contributed by atoms with van der Waals surface area (Å²) in [7, 11) is 5.98. The molecule has 0 saturated heterocycles. The Bertz CT molecular complexity index is 1800. The number of allylic oxidation sites excluding steroid dienone is 18. The Hall–Kier alpha value is -4.05. The summed E-state index contributed by atoms with van der Waals surface area (Å²) in [6, 6.07) is 0. The summed E-state index contributed by atoms with van der Waals surface area (Å²) in [5, 5.41) is 9.75. The highest BCUT2D eigenvalue weighted by molar-refractivity contribution is 5.71. The second-order valence-electron chi connectivity index (χ2n) is 25.2. The maximum absolute atomic E-state index is 13.0. The number of nitrogens with zero attached hydrogens (tertiary/aromatic N) is 1. The number of hydrogen-bond acceptors (Lipinski definition) is 7. The topological polar surface area (TPSA) is 108 Å². The number of esters is 2. The fourth-order valence-electron chi connectivity index (χ4n) is 10.1. The number of quaternary nitrogens is 1. The van der Waals surface area contributed by atoms with Crippen LogP contribution in [-0.4, -0.2) is 87.4 Å². The molecule has 0 radical (unpaired) electrons. The number of rotatable bonds is 66. The average molecular weight is 1220 g/mol. The van der Waals surface area contributed by atoms with Gasteiger partial charge in [-0.25, -0.2) is 4.79 Å². The third-order valence-corrected chi connectivity index (χ3v) is 15.5. The van der Waals surface area contributed by atoms with Crippen LogP contribution in [0, 0.1) is 0 Å². The van der Waals surface area contributed by atoms with Crippen molar-refractivity contribution < 1.29 is 42.9 Å². The number of aliphatic carboxylic acids is 1. The van der Waals surface area contributed by atoms with E-state index in [1.165, 1.54) is 173 Å². The monoisotopic (exact) mass is 1220 g/mol. The molecule has 0 aliphatic rings. The van der Waals surface area contributed by atoms with Crippen molar-refractivity contribution in [3.05, 3.63) is 109 Å². The van der Waals surface area contributed by atoms with Crippen molar-refractivity contribution >= 4 is 17.9 Å². The Morgan fingerprint density at radius 1 is 0.356 bits per heavy atom. The highest BCUT2D eigenvalue weighted by Gasteiger charge is 2.25. The SMILES string of the molecule is CC/C=C\C/C=C\C/C=C\C/C=C\C/C=C\C/C=C\C/C=C\C/C=C\C/C=C\CCCCCCCCCCCC(=O)OC(COC(=O)CCCCCCCCCCCCCCCCCCCCCCCCCCC)COC(OCC[N+](C)(C)C)C(=O)O. The predicted molar refractivity (Wildman–Crippen MR) is 373 cm³/mol. The summed E-state index contributed by atoms with van der Waals surface area (Å²) < 4.78 is 23.0. The zero-order valence-corrected chi connectivity index (χ0v) is 57.2. The molecule has 0 aliphatic carbocycles. The molecule has 2 atom stereocenters. The van der Waals surface area contributed by atoms with E-state index in [0.29, 0.717) is 23.9 Å². The summed E-state index contributed by atoms with van der Waals surface area (Å²) in [4.78, 5) is 37.6. The zero-order chi connectivity index (χ0) is 63.3. The maximum atomic E-state index is 13.0. The van der Waals surface area contributed by atoms with Crippen LogP contribution in [0.25, 0.3) is 0 Å². The minimum absolute atomic E-state index is 0.183. The van der Waals surface area contributed by atoms with Gasteiger partial charge < -0.3 is 28.5 Å². The molecule has 0 aromatic carbocycles. The van der Waals surface area contributed by atoms with Crippen LogP contribution in [0.2, 0.25) is 0 Å². The van der Waals surface area contributed by atoms with Crippen molar-refractivity contribution in [1.82, 2.24) is 0 Å². The minimum Gasteiger partial charge on any atom is -0.477 e. The van der Waals surface area contributed by atoms with E-state index in [2.05, 4.69) is 123 Å². The van der Waals surface area contributed by atoms with Gasteiger partial charge in [0.25, 0.3) is 6.29 Å². The Balaban J connectivity index is 4.14. The van der Waals surface area contributed by atoms with Gasteiger partial charge in [0.15, 0.2) is 6.10 Å². The summed E-state index contributed by atoms with van der Waals surface area (Å²) in [5.74, 6) is -2.00. The van der Waals surface area contributed by atoms with Crippen molar-refractivity contribution in [2.75, 3.05) is 47.5 Å². The minimum atomic E-state index is -1.52. The lowest BCUT2D eigenvalue weighted by atomic mass is 10.0. The third kappa shape index (κ3) is 69.3. The van der Waals surface area contributed by atoms with E-state index < -0.39 is 24.3 Å². The highest BCUT2D eigenvalue weighted by Crippen LogP contribution is 2.18. The average Bonchev–Trinajstić information content (AvgIpc) is 3.57. The Labute approximate surface area is 536 Å². The quantitative estimate of drug-likeness (QED) is 0.0211. The maximum Gasteiger partial charge on any atom is 0.361 e. The number of carboxylic acid groups (broad SMARTS) is 1. The van der Waals surface area contributed by atoms with Gasteiger partial charge in [0.1, 0.15) is 13.2 Å². The van der Waals surface area contributed by atoms with E-state index in [4.69, 9.17) is 18.9 Å². The van der Waals surface area contributed by atoms with Crippen LogP contribution in [0.3, 0.4) is 0 Å². The molecule has 0 bridgehead atoms. The lowest BCUT2D eigenvalue weighted by Crippen LogP contribution is -2.40. The van der Waals surface area contributed by atoms with Crippen LogP contribution in [0.5, 0.6) is 0 Å². The first-order chi connectivity index (χ1) is 42.6. The van der Waals surface area contributed by atoms with Gasteiger partial charge in [0.2, 0.25) is 0 Å². The predicted octanol–water partition coefficient (Wildman–Crippen LogP) is 22.6. The molecule has 0 aromatic heterocycles. The number of unbranched alkanes of at least 4 members (excludes halogenated alkanes) is 33. The summed E-state index contributed by atoms with van der Waals surface area (Å²) in [6.07, 6.45) is 92.0. The first kappa shape index (κ1) is 83.0. The van der Waals surface area contributed by atoms with Gasteiger partial charge in [-0.1, -0.05) is 322 Å². The smallest absolute Gasteiger partial charge is 0.361 e. The second kappa shape index (κ2) is 67.9. The van der Waals surface area contributed by atoms with Crippen molar-refractivity contribution in [2.24, 2.45) is 0 Å². The van der Waals surface area contributed by atoms with Crippen LogP contribution in [0.15, 0.2) is 109 Å². The number of hydrogen-bond donors (Lipinski definition) is 1. The molecule has 9 heteroatoms. The molecule has 9 nitrogen and oxygen atoms in total. The Morgan fingerprint density at radius 2 is 0.655 bits per heavy atom. The number of ether oxygens (including phenoxy) is 4. The molecule has 0 heterocycles. The molecule has 500 valence electrons. The van der Waals surface area contributed by atoms with Gasteiger partial charge >= 0.3 is 17.9 Å². The van der Waals surface area contributed by atoms with Gasteiger partial charge in [-0.3, -0.25) is 9.59 Å². The van der Waals surface area contributed by atoms with E-state index >= 15 is 0 Å². The van der Waals surface area contributed by atoms with E-state index in [9.17, 15) is 19.5 Å². The van der Waals surface area contributed by atoms with E-state index in [1.807, 2.05) is 21.1 Å². The van der Waals surface area contributed by atoms with Crippen LogP contribution < -0.4 is 0 Å². The van der Waals surface area contributed by atoms with Gasteiger partial charge in [0, 0.05) is 12.8 Å². The molecule has 0 aliphatic heterocycles. The molecule has 0 spiro atoms. The molecule has 2 unspecified atom stereocenters. The van der Waals surface area contributed by atoms with Gasteiger partial charge in [-0.15, -0.1) is 0 Å². The van der Waals surface area contributed by atoms with Crippen molar-refractivity contribution in [2.45, 2.75) is 322 Å². The summed E-state index contributed by atoms with van der Waals surface area (Å²) >= 11 is 0. The van der Waals surface area contributed by atoms with Crippen molar-refractivity contribution in [3.8, 4) is 0 Å². The van der Waals surface area contributed by atoms with Gasteiger partial charge in [0.05, 0.1) is 34.4 Å². The number of carboxylic acids is 1. The second-order valence-corrected chi connectivity index (χ2v) is 25.2. The normalized spacial score (nSPS) is 13.3. The molecule has 87 heavy (non-hydrogen) atoms. The molecule has 0 aromatic rings. The zero-order valence-electron chi connectivity index (χ0n) is 57.2. The van der Waals surface area contributed by atoms with Gasteiger partial charge in [-0.2, -0.15) is 0 Å². The Kier molecular flexibility index (Phi) is 64.7. The lowest BCUT2D eigenvalue weighted by Gasteiger charge is -2.25. The molecule has 0 amide bonds. The standard InChI is InChI=1S/C78H135NO8/c1-6-8-10-12-14-16-18-20-22-24-26-28-30-32-33-34-35-36-37-38-39-40-41-42-43-45-47-49-51-53-55-57-59-61-63-65-67-69-76(81)87-74(73-86-78(77(82)83)84-71-70-79(3,4)5)72-85-75(80)68-66-64-62-60-58-56-54-52-50-48-46-44-31-29-27-25-23-21-19-17-15-13-11-9-7-2/h8,10,14,16,20,22,26,28,32-33,35-36,38-39,41-42,45,47,74,78H,6-7,9,11-13,15,17-19,21,23-25,27,29-31,34,37,40,43-44,46,48-73H2,1-5H3/p+1/b10-8-,16-14-,22-20-,28-26-,33-32-,36-35-,39-38-,42-41-,47-45-. The molecule has 0 saturated carbocycles. The van der Waals surface area contributed by atoms with Crippen molar-refractivity contribution in [1.29, 1.82) is 0 Å². The van der Waals surface area contributed by atoms with Crippen LogP contribution >= 0.6 is 0 Å². The third-order valence-electron chi connectivity index (χ3n) is 15.5. The summed E-state index contributed by atoms with van der Waals surface area (Å²) in [5.41, 5.74) is 0. The Morgan fingerprint density at radius 3 is 0.977 bits per heavy atom. The highest BCUT2D eigenvalue weighted by atomic mass is 16.7. The van der Waals surface area contributed by atoms with Crippen LogP contribution in [-0.2, 0) is 33.3 Å². The van der Waals surface area contributed by atoms with Crippen molar-refractivity contribution in [3.63, 3.8) is 0 Å². The molecular weight excluding hydrogens is 1080 g/mol. The van der Waals surface area contributed by atoms with Gasteiger partial charge in [-0.05, 0) is 83.5 Å². The van der Waals surface area contributed by atoms with E-state index in [-0.39, 0.29) is 32.2 Å². The number of carbonyl (C=O) groups excluding carboxylic acids is 2. The first-order valence-corrected chi connectivity index (χ1v) is 36.1. The lowest BCUT2D eigenvalue weighted by molar-refractivity contribution is -0.870.